The average molecular weight is 215 g/mol. The van der Waals surface area contributed by atoms with Gasteiger partial charge in [0, 0.05) is 11.6 Å². The van der Waals surface area contributed by atoms with Crippen LogP contribution in [0, 0.1) is 0 Å². The minimum atomic E-state index is -0.805. The van der Waals surface area contributed by atoms with Crippen LogP contribution in [0.25, 0.3) is 0 Å². The fourth-order valence-corrected chi connectivity index (χ4v) is 1.27. The molecule has 76 valence electrons. The zero-order valence-electron chi connectivity index (χ0n) is 7.95. The van der Waals surface area contributed by atoms with E-state index in [2.05, 4.69) is 0 Å². The maximum absolute atomic E-state index is 11.0. The van der Waals surface area contributed by atoms with Crippen LogP contribution in [0.15, 0.2) is 18.2 Å². The van der Waals surface area contributed by atoms with Crippen LogP contribution in [-0.2, 0) is 4.79 Å². The minimum Gasteiger partial charge on any atom is -0.507 e. The Morgan fingerprint density at radius 1 is 1.57 bits per heavy atom. The fraction of sp³-hybridized carbons (Fsp3) is 0.300. The SMILES string of the molecule is COc1ccc(C(Cl)C(C)=O)c(O)c1. The Balaban J connectivity index is 3.05. The summed E-state index contributed by atoms with van der Waals surface area (Å²) >= 11 is 5.79. The molecule has 0 saturated heterocycles. The molecule has 0 aromatic heterocycles. The van der Waals surface area contributed by atoms with Gasteiger partial charge in [-0.3, -0.25) is 4.79 Å². The normalized spacial score (nSPS) is 12.2. The van der Waals surface area contributed by atoms with Crippen LogP contribution in [0.3, 0.4) is 0 Å². The number of phenols is 1. The molecule has 1 unspecified atom stereocenters. The molecule has 1 aromatic carbocycles. The molecule has 0 radical (unpaired) electrons. The van der Waals surface area contributed by atoms with E-state index in [9.17, 15) is 9.90 Å². The largest absolute Gasteiger partial charge is 0.507 e. The Morgan fingerprint density at radius 3 is 2.64 bits per heavy atom. The zero-order valence-corrected chi connectivity index (χ0v) is 8.71. The lowest BCUT2D eigenvalue weighted by atomic mass is 10.1. The average Bonchev–Trinajstić information content (AvgIpc) is 2.16. The van der Waals surface area contributed by atoms with E-state index >= 15 is 0 Å². The van der Waals surface area contributed by atoms with Gasteiger partial charge in [-0.15, -0.1) is 11.6 Å². The molecule has 0 heterocycles. The molecule has 0 bridgehead atoms. The van der Waals surface area contributed by atoms with E-state index in [1.807, 2.05) is 0 Å². The molecule has 1 atom stereocenters. The predicted octanol–water partition coefficient (Wildman–Crippen LogP) is 2.27. The van der Waals surface area contributed by atoms with Crippen molar-refractivity contribution in [3.63, 3.8) is 0 Å². The smallest absolute Gasteiger partial charge is 0.152 e. The molecular weight excluding hydrogens is 204 g/mol. The molecule has 4 heteroatoms. The Hall–Kier alpha value is -1.22. The fourth-order valence-electron chi connectivity index (χ4n) is 1.08. The second-order valence-corrected chi connectivity index (χ2v) is 3.33. The van der Waals surface area contributed by atoms with Gasteiger partial charge in [0.05, 0.1) is 7.11 Å². The maximum Gasteiger partial charge on any atom is 0.152 e. The van der Waals surface area contributed by atoms with Gasteiger partial charge in [-0.2, -0.15) is 0 Å². The number of ketones is 1. The van der Waals surface area contributed by atoms with Crippen molar-refractivity contribution in [2.45, 2.75) is 12.3 Å². The van der Waals surface area contributed by atoms with E-state index in [1.165, 1.54) is 20.1 Å². The summed E-state index contributed by atoms with van der Waals surface area (Å²) in [6, 6.07) is 4.65. The molecule has 1 N–H and O–H groups in total. The van der Waals surface area contributed by atoms with Crippen molar-refractivity contribution in [3.05, 3.63) is 23.8 Å². The van der Waals surface area contributed by atoms with Crippen molar-refractivity contribution in [1.29, 1.82) is 0 Å². The number of hydrogen-bond donors (Lipinski definition) is 1. The maximum atomic E-state index is 11.0. The lowest BCUT2D eigenvalue weighted by Gasteiger charge is -2.09. The number of rotatable bonds is 3. The topological polar surface area (TPSA) is 46.5 Å². The summed E-state index contributed by atoms with van der Waals surface area (Å²) < 4.78 is 4.90. The number of carbonyl (C=O) groups excluding carboxylic acids is 1. The van der Waals surface area contributed by atoms with Gasteiger partial charge < -0.3 is 9.84 Å². The number of hydrogen-bond acceptors (Lipinski definition) is 3. The van der Waals surface area contributed by atoms with Crippen LogP contribution in [-0.4, -0.2) is 18.0 Å². The molecule has 14 heavy (non-hydrogen) atoms. The highest BCUT2D eigenvalue weighted by Crippen LogP contribution is 2.32. The quantitative estimate of drug-likeness (QED) is 0.786. The molecule has 0 amide bonds. The Kier molecular flexibility index (Phi) is 3.36. The Labute approximate surface area is 87.3 Å². The highest BCUT2D eigenvalue weighted by Gasteiger charge is 2.17. The first-order valence-electron chi connectivity index (χ1n) is 4.07. The first-order chi connectivity index (χ1) is 6.56. The molecule has 0 fully saturated rings. The standard InChI is InChI=1S/C10H11ClO3/c1-6(12)10(11)8-4-3-7(14-2)5-9(8)13/h3-5,10,13H,1-2H3. The summed E-state index contributed by atoms with van der Waals surface area (Å²) in [6.45, 7) is 1.38. The monoisotopic (exact) mass is 214 g/mol. The van der Waals surface area contributed by atoms with E-state index < -0.39 is 5.38 Å². The van der Waals surface area contributed by atoms with Crippen molar-refractivity contribution in [1.82, 2.24) is 0 Å². The van der Waals surface area contributed by atoms with Gasteiger partial charge in [-0.25, -0.2) is 0 Å². The van der Waals surface area contributed by atoms with Crippen LogP contribution in [0.2, 0.25) is 0 Å². The summed E-state index contributed by atoms with van der Waals surface area (Å²) in [5.41, 5.74) is 0.403. The van der Waals surface area contributed by atoms with Crippen LogP contribution < -0.4 is 4.74 Å². The lowest BCUT2D eigenvalue weighted by molar-refractivity contribution is -0.116. The minimum absolute atomic E-state index is 0.0282. The summed E-state index contributed by atoms with van der Waals surface area (Å²) in [5, 5.41) is 8.72. The van der Waals surface area contributed by atoms with E-state index in [-0.39, 0.29) is 11.5 Å². The molecule has 0 aliphatic rings. The summed E-state index contributed by atoms with van der Waals surface area (Å²) in [7, 11) is 1.50. The van der Waals surface area contributed by atoms with Crippen molar-refractivity contribution in [2.75, 3.05) is 7.11 Å². The van der Waals surface area contributed by atoms with E-state index in [0.29, 0.717) is 11.3 Å². The van der Waals surface area contributed by atoms with Gasteiger partial charge in [0.1, 0.15) is 16.9 Å². The number of ether oxygens (including phenoxy) is 1. The third-order valence-corrected chi connectivity index (χ3v) is 2.41. The molecule has 3 nitrogen and oxygen atoms in total. The van der Waals surface area contributed by atoms with Crippen molar-refractivity contribution >= 4 is 17.4 Å². The number of halogens is 1. The number of alkyl halides is 1. The number of aromatic hydroxyl groups is 1. The Morgan fingerprint density at radius 2 is 2.21 bits per heavy atom. The molecule has 0 aliphatic heterocycles. The lowest BCUT2D eigenvalue weighted by Crippen LogP contribution is -2.01. The molecule has 0 aliphatic carbocycles. The van der Waals surface area contributed by atoms with Crippen LogP contribution >= 0.6 is 11.6 Å². The van der Waals surface area contributed by atoms with Gasteiger partial charge in [0.2, 0.25) is 0 Å². The van der Waals surface area contributed by atoms with Crippen molar-refractivity contribution in [2.24, 2.45) is 0 Å². The van der Waals surface area contributed by atoms with Crippen LogP contribution in [0.4, 0.5) is 0 Å². The summed E-state index contributed by atoms with van der Waals surface area (Å²) in [4.78, 5) is 11.0. The molecule has 1 aromatic rings. The predicted molar refractivity (Wildman–Crippen MR) is 53.9 cm³/mol. The van der Waals surface area contributed by atoms with Gasteiger partial charge in [0.15, 0.2) is 5.78 Å². The second kappa shape index (κ2) is 4.33. The van der Waals surface area contributed by atoms with Crippen molar-refractivity contribution in [3.8, 4) is 11.5 Å². The molecule has 0 saturated carbocycles. The van der Waals surface area contributed by atoms with Gasteiger partial charge in [-0.1, -0.05) is 0 Å². The highest BCUT2D eigenvalue weighted by molar-refractivity contribution is 6.31. The summed E-state index contributed by atoms with van der Waals surface area (Å²) in [5.74, 6) is 0.297. The molecule has 0 spiro atoms. The first kappa shape index (κ1) is 10.9. The van der Waals surface area contributed by atoms with Crippen LogP contribution in [0.1, 0.15) is 17.9 Å². The third kappa shape index (κ3) is 2.17. The number of methoxy groups -OCH3 is 1. The highest BCUT2D eigenvalue weighted by atomic mass is 35.5. The van der Waals surface area contributed by atoms with Gasteiger partial charge >= 0.3 is 0 Å². The summed E-state index contributed by atoms with van der Waals surface area (Å²) in [6.07, 6.45) is 0. The van der Waals surface area contributed by atoms with E-state index in [0.717, 1.165) is 0 Å². The second-order valence-electron chi connectivity index (χ2n) is 2.90. The number of benzene rings is 1. The molecule has 1 rings (SSSR count). The third-order valence-electron chi connectivity index (χ3n) is 1.87. The zero-order chi connectivity index (χ0) is 10.7. The van der Waals surface area contributed by atoms with Gasteiger partial charge in [0.25, 0.3) is 0 Å². The van der Waals surface area contributed by atoms with Gasteiger partial charge in [-0.05, 0) is 19.1 Å². The van der Waals surface area contributed by atoms with E-state index in [1.54, 1.807) is 12.1 Å². The molecular formula is C10H11ClO3. The number of carbonyl (C=O) groups is 1. The Bertz CT molecular complexity index is 349. The number of phenolic OH excluding ortho intramolecular Hbond substituents is 1. The number of Topliss-reactive ketones (excluding diaryl/α,β-unsaturated/α-hetero) is 1. The van der Waals surface area contributed by atoms with Crippen LogP contribution in [0.5, 0.6) is 11.5 Å². The first-order valence-corrected chi connectivity index (χ1v) is 4.51. The van der Waals surface area contributed by atoms with E-state index in [4.69, 9.17) is 16.3 Å². The van der Waals surface area contributed by atoms with Crippen molar-refractivity contribution < 1.29 is 14.6 Å².